The summed E-state index contributed by atoms with van der Waals surface area (Å²) in [7, 11) is 0. The second-order valence-corrected chi connectivity index (χ2v) is 12.9. The number of nitrogens with one attached hydrogen (secondary N) is 3. The number of ether oxygens (including phenoxy) is 3. The molecule has 20 heteroatoms. The van der Waals surface area contributed by atoms with Crippen LogP contribution in [0.4, 0.5) is 11.4 Å². The van der Waals surface area contributed by atoms with Crippen LogP contribution in [-0.2, 0) is 43.0 Å². The molecule has 0 amide bonds. The molecule has 0 spiro atoms. The molecule has 7 N–H and O–H groups in total. The molecule has 6 rings (SSSR count). The number of aromatic nitrogens is 2. The number of carbonyl (C=O) groups is 4. The first-order valence-electron chi connectivity index (χ1n) is 21.1. The van der Waals surface area contributed by atoms with Crippen LogP contribution in [-0.4, -0.2) is 76.6 Å². The number of benzene rings is 4. The Balaban J connectivity index is -0.000000802. The van der Waals surface area contributed by atoms with Crippen molar-refractivity contribution in [3.05, 3.63) is 177 Å². The van der Waals surface area contributed by atoms with E-state index in [0.717, 1.165) is 23.4 Å². The van der Waals surface area contributed by atoms with E-state index in [1.54, 1.807) is 75.5 Å². The van der Waals surface area contributed by atoms with E-state index in [9.17, 15) is 28.8 Å². The average Bonchev–Trinajstić information content (AvgIpc) is 3.34. The molecular formula is C51H57N4NaO15. The number of esters is 3. The maximum Gasteiger partial charge on any atom is 1.00 e. The normalized spacial score (nSPS) is 9.49. The number of hydrogen-bond donors (Lipinski definition) is 5. The quantitative estimate of drug-likeness (QED) is 0.0385. The third kappa shape index (κ3) is 26.4. The van der Waals surface area contributed by atoms with Crippen molar-refractivity contribution in [1.82, 2.24) is 9.97 Å². The molecule has 0 saturated carbocycles. The summed E-state index contributed by atoms with van der Waals surface area (Å²) in [6.07, 6.45) is 8.00. The summed E-state index contributed by atoms with van der Waals surface area (Å²) >= 11 is 0. The average molecular weight is 989 g/mol. The number of allylic oxidation sites excluding steroid dienone is 1. The zero-order chi connectivity index (χ0) is 52.0. The zero-order valence-electron chi connectivity index (χ0n) is 40.5. The summed E-state index contributed by atoms with van der Waals surface area (Å²) in [5, 5.41) is 12.7. The largest absolute Gasteiger partial charge is 1.00 e. The van der Waals surface area contributed by atoms with E-state index in [1.165, 1.54) is 12.4 Å². The van der Waals surface area contributed by atoms with E-state index in [0.29, 0.717) is 47.0 Å². The number of carboxylic acids is 1. The number of nitrogen functional groups attached to an aromatic ring is 1. The van der Waals surface area contributed by atoms with Gasteiger partial charge in [-0.3, -0.25) is 9.59 Å². The van der Waals surface area contributed by atoms with Crippen molar-refractivity contribution >= 4 is 69.4 Å². The van der Waals surface area contributed by atoms with Crippen LogP contribution in [0, 0.1) is 0 Å². The number of fused-ring (bicyclic) bond motifs is 2. The Hall–Kier alpha value is -8.02. The molecule has 4 aromatic carbocycles. The van der Waals surface area contributed by atoms with Crippen molar-refractivity contribution in [3.63, 3.8) is 0 Å². The Labute approximate surface area is 431 Å². The molecule has 71 heavy (non-hydrogen) atoms. The van der Waals surface area contributed by atoms with Crippen LogP contribution in [0.15, 0.2) is 155 Å². The number of carbonyl (C=O) groups excluding carboxylic acids is 7. The molecule has 0 fully saturated rings. The maximum absolute atomic E-state index is 11.9. The Morgan fingerprint density at radius 2 is 0.986 bits per heavy atom. The number of hydrogen-bond acceptors (Lipinski definition) is 16. The molecule has 0 saturated heterocycles. The number of carboxylic acid groups (broad SMARTS) is 1. The van der Waals surface area contributed by atoms with Gasteiger partial charge in [-0.15, -0.1) is 0 Å². The molecule has 0 aliphatic rings. The number of H-pyrrole nitrogens is 2. The number of aromatic carboxylic acids is 1. The molecular weight excluding hydrogens is 932 g/mol. The Morgan fingerprint density at radius 3 is 1.37 bits per heavy atom. The van der Waals surface area contributed by atoms with Crippen LogP contribution in [0.2, 0.25) is 0 Å². The van der Waals surface area contributed by atoms with Crippen molar-refractivity contribution in [2.24, 2.45) is 0 Å². The summed E-state index contributed by atoms with van der Waals surface area (Å²) in [4.78, 5) is 106. The van der Waals surface area contributed by atoms with E-state index >= 15 is 0 Å². The summed E-state index contributed by atoms with van der Waals surface area (Å²) in [6.45, 7) is 12.1. The first kappa shape index (κ1) is 67.3. The van der Waals surface area contributed by atoms with Gasteiger partial charge in [0.2, 0.25) is 10.9 Å². The predicted molar refractivity (Wildman–Crippen MR) is 261 cm³/mol. The van der Waals surface area contributed by atoms with Gasteiger partial charge in [0.1, 0.15) is 11.1 Å². The van der Waals surface area contributed by atoms with Gasteiger partial charge in [-0.2, -0.15) is 19.2 Å². The SMILES string of the molecule is C/C=C(\CC)C(=O)OCC.CCOC(=O)/C(=C/Nc1ccccc1)CC.CCOC(=O)c1c[nH]c2ccccc2c1=O.Nc1ccccc1.O=C(O)c1c[nH]c2ccccc2c1=O.O=C=O.O=C=O.[Na+].[OH-]. The van der Waals surface area contributed by atoms with Crippen LogP contribution in [0.5, 0.6) is 0 Å². The molecule has 0 aliphatic carbocycles. The van der Waals surface area contributed by atoms with E-state index in [2.05, 4.69) is 15.3 Å². The van der Waals surface area contributed by atoms with Crippen molar-refractivity contribution in [2.75, 3.05) is 30.9 Å². The van der Waals surface area contributed by atoms with Gasteiger partial charge in [-0.1, -0.05) is 80.6 Å². The second kappa shape index (κ2) is 41.0. The van der Waals surface area contributed by atoms with Crippen molar-refractivity contribution in [2.45, 2.75) is 54.4 Å². The van der Waals surface area contributed by atoms with Crippen LogP contribution in [0.1, 0.15) is 75.1 Å². The number of para-hydroxylation sites is 4. The summed E-state index contributed by atoms with van der Waals surface area (Å²) < 4.78 is 14.5. The zero-order valence-corrected chi connectivity index (χ0v) is 42.5. The van der Waals surface area contributed by atoms with E-state index in [-0.39, 0.29) is 82.4 Å². The first-order chi connectivity index (χ1) is 33.2. The first-order valence-corrected chi connectivity index (χ1v) is 21.1. The molecule has 0 aliphatic heterocycles. The molecule has 0 unspecified atom stereocenters. The van der Waals surface area contributed by atoms with E-state index in [1.807, 2.05) is 87.5 Å². The van der Waals surface area contributed by atoms with Crippen LogP contribution < -0.4 is 51.5 Å². The van der Waals surface area contributed by atoms with Gasteiger partial charge in [0.25, 0.3) is 0 Å². The fraction of sp³-hybridized carbons (Fsp3) is 0.216. The number of rotatable bonds is 11. The molecule has 372 valence electrons. The van der Waals surface area contributed by atoms with Gasteiger partial charge in [-0.25, -0.2) is 19.2 Å². The van der Waals surface area contributed by atoms with Gasteiger partial charge in [0, 0.05) is 57.3 Å². The van der Waals surface area contributed by atoms with E-state index in [4.69, 9.17) is 44.2 Å². The Bertz CT molecular complexity index is 2750. The summed E-state index contributed by atoms with van der Waals surface area (Å²) in [6, 6.07) is 33.0. The number of anilines is 2. The van der Waals surface area contributed by atoms with Gasteiger partial charge in [0.05, 0.1) is 25.4 Å². The maximum atomic E-state index is 11.9. The van der Waals surface area contributed by atoms with Crippen molar-refractivity contribution in [3.8, 4) is 0 Å². The molecule has 2 aromatic heterocycles. The fourth-order valence-corrected chi connectivity index (χ4v) is 5.23. The fourth-order valence-electron chi connectivity index (χ4n) is 5.23. The van der Waals surface area contributed by atoms with Crippen molar-refractivity contribution in [1.29, 1.82) is 0 Å². The third-order valence-corrected chi connectivity index (χ3v) is 8.47. The number of aromatic amines is 2. The molecule has 6 aromatic rings. The minimum Gasteiger partial charge on any atom is -0.870 e. The Morgan fingerprint density at radius 1 is 0.606 bits per heavy atom. The monoisotopic (exact) mass is 988 g/mol. The molecule has 19 nitrogen and oxygen atoms in total. The van der Waals surface area contributed by atoms with Crippen molar-refractivity contribution < 1.29 is 92.7 Å². The van der Waals surface area contributed by atoms with E-state index < -0.39 is 17.4 Å². The Kier molecular flexibility index (Phi) is 38.8. The smallest absolute Gasteiger partial charge is 0.870 e. The van der Waals surface area contributed by atoms with Gasteiger partial charge in [-0.05, 0) is 89.1 Å². The molecule has 0 radical (unpaired) electrons. The molecule has 0 atom stereocenters. The molecule has 2 heterocycles. The van der Waals surface area contributed by atoms with Crippen LogP contribution >= 0.6 is 0 Å². The van der Waals surface area contributed by atoms with Gasteiger partial charge >= 0.3 is 65.7 Å². The predicted octanol–water partition coefficient (Wildman–Crippen LogP) is 4.72. The van der Waals surface area contributed by atoms with Gasteiger partial charge in [0.15, 0.2) is 0 Å². The number of nitrogens with two attached hydrogens (primary N) is 1. The third-order valence-electron chi connectivity index (χ3n) is 8.47. The molecule has 0 bridgehead atoms. The minimum atomic E-state index is -1.21. The van der Waals surface area contributed by atoms with Crippen LogP contribution in [0.3, 0.4) is 0 Å². The second-order valence-electron chi connectivity index (χ2n) is 12.9. The summed E-state index contributed by atoms with van der Waals surface area (Å²) in [5.41, 5.74) is 8.94. The van der Waals surface area contributed by atoms with Gasteiger partial charge < -0.3 is 45.8 Å². The standard InChI is InChI=1S/C13H17NO2.C12H11NO3.C10H7NO3.C8H14O2.C6H7N.2CO2.Na.H2O/c1-3-11(13(15)16-4-2)10-14-12-8-6-5-7-9-12;1-2-16-12(15)9-7-13-10-6-4-3-5-8(10)11(9)14;12-9-6-3-1-2-4-8(6)11-5-7(9)10(13)14;1-4-7(5-2)8(9)10-6-3;7-6-4-2-1-3-5-6;2*2-1-3;;/h5-10,14H,3-4H2,1-2H3;3-7H,2H2,1H3,(H,13,14);1-5H,(H,11,12)(H,13,14);4H,5-6H2,1-3H3;1-5H,7H2;;;;1H2/q;;;;;;;+1;/p-1/b11-10+;;;7-4+;;;;;. The minimum absolute atomic E-state index is 0. The topological polar surface area (TPSA) is 318 Å². The van der Waals surface area contributed by atoms with Crippen LogP contribution in [0.25, 0.3) is 21.8 Å². The summed E-state index contributed by atoms with van der Waals surface area (Å²) in [5.74, 6) is -2.24. The number of pyridine rings is 2.